The molecule has 1 aromatic carbocycles. The molecule has 0 atom stereocenters. The molecule has 0 bridgehead atoms. The van der Waals surface area contributed by atoms with Crippen LogP contribution in [0.15, 0.2) is 29.0 Å². The number of thiocarbonyl (C=S) groups is 1. The fraction of sp³-hybridized carbons (Fsp3) is 0.708. The summed E-state index contributed by atoms with van der Waals surface area (Å²) in [4.78, 5) is 0. The van der Waals surface area contributed by atoms with Gasteiger partial charge in [0.2, 0.25) is 0 Å². The smallest absolute Gasteiger partial charge is 0.330 e. The molecule has 0 spiro atoms. The van der Waals surface area contributed by atoms with Crippen molar-refractivity contribution >= 4 is 30.4 Å². The second-order valence-corrected chi connectivity index (χ2v) is 14.2. The van der Waals surface area contributed by atoms with E-state index in [2.05, 4.69) is 35.4 Å². The highest BCUT2D eigenvalue weighted by Gasteiger charge is 2.45. The molecule has 0 aromatic heterocycles. The molecule has 0 aliphatic carbocycles. The third kappa shape index (κ3) is 6.39. The van der Waals surface area contributed by atoms with Crippen molar-refractivity contribution in [3.8, 4) is 0 Å². The number of rotatable bonds is 3. The summed E-state index contributed by atoms with van der Waals surface area (Å²) in [6.07, 6.45) is 4.88. The van der Waals surface area contributed by atoms with E-state index < -0.39 is 19.1 Å². The molecule has 1 N–H and O–H groups in total. The van der Waals surface area contributed by atoms with Crippen LogP contribution in [0.5, 0.6) is 0 Å². The van der Waals surface area contributed by atoms with E-state index in [0.29, 0.717) is 0 Å². The first-order valence-electron chi connectivity index (χ1n) is 12.2. The Morgan fingerprint density at radius 2 is 1.30 bits per heavy atom. The second kappa shape index (κ2) is 11.2. The zero-order chi connectivity index (χ0) is 24.1. The highest BCUT2D eigenvalue weighted by molar-refractivity contribution is 7.81. The molecule has 2 aliphatic heterocycles. The van der Waals surface area contributed by atoms with Gasteiger partial charge in [-0.2, -0.15) is 13.2 Å². The van der Waals surface area contributed by atoms with Crippen molar-refractivity contribution in [3.63, 3.8) is 0 Å². The largest absolute Gasteiger partial charge is 0.418 e. The zero-order valence-electron chi connectivity index (χ0n) is 20.1. The molecule has 2 heterocycles. The lowest BCUT2D eigenvalue weighted by atomic mass is 10.2. The van der Waals surface area contributed by atoms with Crippen LogP contribution in [0.1, 0.15) is 77.7 Å². The van der Waals surface area contributed by atoms with Gasteiger partial charge in [0.25, 0.3) is 0 Å². The Morgan fingerprint density at radius 3 is 1.73 bits per heavy atom. The highest BCUT2D eigenvalue weighted by atomic mass is 32.1. The Labute approximate surface area is 202 Å². The van der Waals surface area contributed by atoms with E-state index in [1.807, 2.05) is 0 Å². The van der Waals surface area contributed by atoms with Gasteiger partial charge >= 0.3 is 6.18 Å². The fourth-order valence-corrected chi connectivity index (χ4v) is 10.1. The summed E-state index contributed by atoms with van der Waals surface area (Å²) in [5, 5.41) is 2.85. The summed E-state index contributed by atoms with van der Waals surface area (Å²) in [5.74, 6) is 0. The molecule has 4 nitrogen and oxygen atoms in total. The average molecular weight is 503 g/mol. The molecule has 0 radical (unpaired) electrons. The third-order valence-corrected chi connectivity index (χ3v) is 11.5. The van der Waals surface area contributed by atoms with Crippen LogP contribution in [0.2, 0.25) is 0 Å². The van der Waals surface area contributed by atoms with Crippen molar-refractivity contribution in [1.82, 2.24) is 9.34 Å². The molecule has 186 valence electrons. The highest BCUT2D eigenvalue weighted by Crippen LogP contribution is 2.67. The Morgan fingerprint density at radius 1 is 0.848 bits per heavy atom. The Bertz CT molecular complexity index is 826. The van der Waals surface area contributed by atoms with Crippen molar-refractivity contribution in [1.29, 1.82) is 0 Å². The van der Waals surface area contributed by atoms with E-state index >= 15 is 0 Å². The van der Waals surface area contributed by atoms with Gasteiger partial charge in [-0.25, -0.2) is 4.74 Å². The third-order valence-electron chi connectivity index (χ3n) is 6.56. The van der Waals surface area contributed by atoms with Crippen LogP contribution >= 0.6 is 19.6 Å². The van der Waals surface area contributed by atoms with Crippen LogP contribution in [0, 0.1) is 0 Å². The Kier molecular flexibility index (Phi) is 9.04. The quantitative estimate of drug-likeness (QED) is 0.335. The van der Waals surface area contributed by atoms with Gasteiger partial charge < -0.3 is 5.32 Å². The van der Waals surface area contributed by atoms with Crippen LogP contribution in [0.3, 0.4) is 0 Å². The molecule has 0 unspecified atom stereocenters. The number of hydrogen-bond donors (Lipinski definition) is 1. The van der Waals surface area contributed by atoms with Crippen LogP contribution in [0.4, 0.5) is 18.9 Å². The van der Waals surface area contributed by atoms with Crippen LogP contribution < -0.4 is 5.32 Å². The van der Waals surface area contributed by atoms with Crippen LogP contribution in [-0.2, 0) is 6.18 Å². The lowest BCUT2D eigenvalue weighted by molar-refractivity contribution is -0.136. The predicted octanol–water partition coefficient (Wildman–Crippen LogP) is 7.98. The number of benzene rings is 1. The summed E-state index contributed by atoms with van der Waals surface area (Å²) in [5.41, 5.74) is -0.746. The van der Waals surface area contributed by atoms with Gasteiger partial charge in [-0.05, 0) is 50.0 Å². The van der Waals surface area contributed by atoms with Gasteiger partial charge in [0.05, 0.1) is 11.3 Å². The number of alkyl halides is 3. The minimum atomic E-state index is -4.45. The maximum absolute atomic E-state index is 13.6. The van der Waals surface area contributed by atoms with Gasteiger partial charge in [0, 0.05) is 31.3 Å². The standard InChI is InChI=1S/C24H38F3N4PS/c1-23(2,3)32(30-16-10-4-5-11-17-30,31-18-12-6-7-13-19-31)29-22(33)28-21-15-9-8-14-20(21)24(25,26)27/h8-9,14-15H,4-7,10-13,16-19H2,1-3H3,(H,28,33). The SMILES string of the molecule is CC(C)(C)P(=NC(=S)Nc1ccccc1C(F)(F)F)(N1CCCCCC1)N1CCCCCC1. The van der Waals surface area contributed by atoms with E-state index in [9.17, 15) is 13.2 Å². The van der Waals surface area contributed by atoms with Crippen LogP contribution in [-0.4, -0.2) is 45.8 Å². The predicted molar refractivity (Wildman–Crippen MR) is 137 cm³/mol. The molecule has 33 heavy (non-hydrogen) atoms. The van der Waals surface area contributed by atoms with Gasteiger partial charge in [-0.1, -0.05) is 58.6 Å². The number of hydrogen-bond acceptors (Lipinski definition) is 1. The van der Waals surface area contributed by atoms with Crippen molar-refractivity contribution in [2.75, 3.05) is 31.5 Å². The normalized spacial score (nSPS) is 20.1. The lowest BCUT2D eigenvalue weighted by Crippen LogP contribution is -2.42. The van der Waals surface area contributed by atoms with Crippen molar-refractivity contribution < 1.29 is 13.2 Å². The van der Waals surface area contributed by atoms with Gasteiger partial charge in [0.1, 0.15) is 7.36 Å². The summed E-state index contributed by atoms with van der Waals surface area (Å²) < 4.78 is 51.1. The first-order chi connectivity index (χ1) is 15.6. The maximum Gasteiger partial charge on any atom is 0.418 e. The van der Waals surface area contributed by atoms with Gasteiger partial charge in [-0.3, -0.25) is 9.34 Å². The number of anilines is 1. The van der Waals surface area contributed by atoms with E-state index in [1.54, 1.807) is 6.07 Å². The van der Waals surface area contributed by atoms with Gasteiger partial charge in [-0.15, -0.1) is 0 Å². The lowest BCUT2D eigenvalue weighted by Gasteiger charge is -2.50. The number of nitrogens with zero attached hydrogens (tertiary/aromatic N) is 3. The summed E-state index contributed by atoms with van der Waals surface area (Å²) >= 11 is 5.67. The minimum Gasteiger partial charge on any atom is -0.330 e. The zero-order valence-corrected chi connectivity index (χ0v) is 21.8. The monoisotopic (exact) mass is 502 g/mol. The Hall–Kier alpha value is -0.950. The fourth-order valence-electron chi connectivity index (χ4n) is 5.08. The summed E-state index contributed by atoms with van der Waals surface area (Å²) in [7, 11) is -2.33. The molecule has 0 amide bonds. The molecule has 3 rings (SSSR count). The molecule has 2 aliphatic rings. The molecule has 1 aromatic rings. The van der Waals surface area contributed by atoms with Crippen molar-refractivity contribution in [3.05, 3.63) is 29.8 Å². The van der Waals surface area contributed by atoms with Crippen molar-refractivity contribution in [2.24, 2.45) is 4.74 Å². The van der Waals surface area contributed by atoms with Crippen LogP contribution in [0.25, 0.3) is 0 Å². The molecule has 2 fully saturated rings. The average Bonchev–Trinajstić information content (AvgIpc) is 3.16. The molecular formula is C24H38F3N4PS. The maximum atomic E-state index is 13.6. The summed E-state index contributed by atoms with van der Waals surface area (Å²) in [6.45, 7) is 10.5. The Balaban J connectivity index is 2.08. The van der Waals surface area contributed by atoms with Crippen molar-refractivity contribution in [2.45, 2.75) is 83.5 Å². The topological polar surface area (TPSA) is 30.9 Å². The number of nitrogens with one attached hydrogen (secondary N) is 1. The molecular weight excluding hydrogens is 464 g/mol. The summed E-state index contributed by atoms with van der Waals surface area (Å²) in [6, 6.07) is 5.51. The first-order valence-corrected chi connectivity index (χ1v) is 14.2. The molecule has 0 saturated carbocycles. The number of para-hydroxylation sites is 1. The van der Waals surface area contributed by atoms with E-state index in [-0.39, 0.29) is 16.0 Å². The van der Waals surface area contributed by atoms with E-state index in [0.717, 1.165) is 57.9 Å². The molecule has 9 heteroatoms. The second-order valence-electron chi connectivity index (χ2n) is 10.0. The number of halogens is 3. The molecule has 2 saturated heterocycles. The first kappa shape index (κ1) is 26.7. The van der Waals surface area contributed by atoms with E-state index in [4.69, 9.17) is 17.0 Å². The van der Waals surface area contributed by atoms with Gasteiger partial charge in [0.15, 0.2) is 5.11 Å². The minimum absolute atomic E-state index is 0.0301. The van der Waals surface area contributed by atoms with E-state index in [1.165, 1.54) is 37.8 Å².